The van der Waals surface area contributed by atoms with Gasteiger partial charge >= 0.3 is 0 Å². The Kier molecular flexibility index (Phi) is 1.31. The monoisotopic (exact) mass is 132 g/mol. The summed E-state index contributed by atoms with van der Waals surface area (Å²) in [5.41, 5.74) is -0.708. The minimum atomic E-state index is -0.354. The maximum atomic E-state index is 4.83. The number of hydrogen-bond donors (Lipinski definition) is 0. The van der Waals surface area contributed by atoms with Gasteiger partial charge in [0.2, 0.25) is 0 Å². The Labute approximate surface area is 54.8 Å². The first-order valence-electron chi connectivity index (χ1n) is 2.99. The van der Waals surface area contributed by atoms with Gasteiger partial charge in [-0.2, -0.15) is 9.78 Å². The van der Waals surface area contributed by atoms with Crippen molar-refractivity contribution < 1.29 is 14.8 Å². The Balaban J connectivity index is 2.75. The van der Waals surface area contributed by atoms with Crippen LogP contribution in [0.5, 0.6) is 0 Å². The van der Waals surface area contributed by atoms with Crippen molar-refractivity contribution in [3.63, 3.8) is 0 Å². The van der Waals surface area contributed by atoms with Gasteiger partial charge in [-0.25, -0.2) is 0 Å². The van der Waals surface area contributed by atoms with Gasteiger partial charge in [0.1, 0.15) is 11.2 Å². The van der Waals surface area contributed by atoms with Crippen LogP contribution in [-0.2, 0) is 14.8 Å². The molecule has 0 aromatic rings. The van der Waals surface area contributed by atoms with Crippen LogP contribution in [0, 0.1) is 0 Å². The van der Waals surface area contributed by atoms with Gasteiger partial charge in [0.25, 0.3) is 0 Å². The molecular weight excluding hydrogens is 120 g/mol. The standard InChI is InChI=1S/C6H12O3/c1-5(2)6(3,4)8-9-7-5/h1-4H3. The lowest BCUT2D eigenvalue weighted by atomic mass is 9.90. The normalized spacial score (nSPS) is 30.7. The smallest absolute Gasteiger partial charge is 0.133 e. The minimum Gasteiger partial charge on any atom is -0.197 e. The number of rotatable bonds is 0. The van der Waals surface area contributed by atoms with E-state index in [4.69, 9.17) is 9.78 Å². The topological polar surface area (TPSA) is 27.7 Å². The third-order valence-corrected chi connectivity index (χ3v) is 1.93. The fourth-order valence-electron chi connectivity index (χ4n) is 0.388. The Morgan fingerprint density at radius 2 is 1.11 bits per heavy atom. The highest BCUT2D eigenvalue weighted by Crippen LogP contribution is 2.34. The summed E-state index contributed by atoms with van der Waals surface area (Å²) < 4.78 is 0. The van der Waals surface area contributed by atoms with Crippen molar-refractivity contribution in [2.45, 2.75) is 38.9 Å². The van der Waals surface area contributed by atoms with E-state index in [2.05, 4.69) is 5.04 Å². The highest BCUT2D eigenvalue weighted by molar-refractivity contribution is 4.88. The van der Waals surface area contributed by atoms with Crippen LogP contribution in [0.15, 0.2) is 0 Å². The minimum absolute atomic E-state index is 0.354. The molecule has 1 rings (SSSR count). The molecule has 0 bridgehead atoms. The van der Waals surface area contributed by atoms with E-state index in [9.17, 15) is 0 Å². The van der Waals surface area contributed by atoms with Gasteiger partial charge in [-0.15, -0.1) is 0 Å². The fraction of sp³-hybridized carbons (Fsp3) is 1.00. The molecule has 0 aromatic carbocycles. The van der Waals surface area contributed by atoms with Crippen LogP contribution in [0.3, 0.4) is 0 Å². The van der Waals surface area contributed by atoms with Gasteiger partial charge < -0.3 is 0 Å². The van der Waals surface area contributed by atoms with E-state index in [1.54, 1.807) is 0 Å². The first-order chi connectivity index (χ1) is 3.96. The lowest BCUT2D eigenvalue weighted by Crippen LogP contribution is -2.41. The van der Waals surface area contributed by atoms with Gasteiger partial charge in [0.05, 0.1) is 0 Å². The summed E-state index contributed by atoms with van der Waals surface area (Å²) in [7, 11) is 0. The van der Waals surface area contributed by atoms with Crippen LogP contribution in [0.4, 0.5) is 0 Å². The van der Waals surface area contributed by atoms with Crippen LogP contribution in [0.1, 0.15) is 27.7 Å². The Morgan fingerprint density at radius 1 is 0.778 bits per heavy atom. The van der Waals surface area contributed by atoms with Crippen molar-refractivity contribution in [1.82, 2.24) is 0 Å². The molecular formula is C6H12O3. The van der Waals surface area contributed by atoms with Gasteiger partial charge in [0.15, 0.2) is 0 Å². The highest BCUT2D eigenvalue weighted by Gasteiger charge is 2.47. The van der Waals surface area contributed by atoms with Crippen LogP contribution >= 0.6 is 0 Å². The van der Waals surface area contributed by atoms with Gasteiger partial charge in [-0.3, -0.25) is 0 Å². The Hall–Kier alpha value is -0.120. The largest absolute Gasteiger partial charge is 0.197 e. The number of hydrogen-bond acceptors (Lipinski definition) is 3. The van der Waals surface area contributed by atoms with Crippen molar-refractivity contribution in [1.29, 1.82) is 0 Å². The predicted molar refractivity (Wildman–Crippen MR) is 31.4 cm³/mol. The van der Waals surface area contributed by atoms with E-state index in [1.165, 1.54) is 0 Å². The fourth-order valence-corrected chi connectivity index (χ4v) is 0.388. The second kappa shape index (κ2) is 1.68. The van der Waals surface area contributed by atoms with E-state index >= 15 is 0 Å². The van der Waals surface area contributed by atoms with E-state index in [1.807, 2.05) is 27.7 Å². The molecule has 9 heavy (non-hydrogen) atoms. The van der Waals surface area contributed by atoms with Crippen molar-refractivity contribution in [2.24, 2.45) is 0 Å². The molecule has 0 N–H and O–H groups in total. The van der Waals surface area contributed by atoms with Crippen LogP contribution < -0.4 is 0 Å². The molecule has 0 amide bonds. The zero-order valence-corrected chi connectivity index (χ0v) is 6.22. The van der Waals surface area contributed by atoms with E-state index in [-0.39, 0.29) is 11.2 Å². The third-order valence-electron chi connectivity index (χ3n) is 1.93. The molecule has 1 aliphatic rings. The van der Waals surface area contributed by atoms with Gasteiger partial charge in [-0.05, 0) is 27.7 Å². The van der Waals surface area contributed by atoms with E-state index in [0.717, 1.165) is 0 Å². The van der Waals surface area contributed by atoms with Crippen LogP contribution in [0.25, 0.3) is 0 Å². The summed E-state index contributed by atoms with van der Waals surface area (Å²) in [6.07, 6.45) is 0. The first kappa shape index (κ1) is 6.99. The molecule has 0 unspecified atom stereocenters. The predicted octanol–water partition coefficient (Wildman–Crippen LogP) is 1.44. The van der Waals surface area contributed by atoms with Crippen molar-refractivity contribution in [3.05, 3.63) is 0 Å². The highest BCUT2D eigenvalue weighted by atomic mass is 17.5. The average Bonchev–Trinajstić information content (AvgIpc) is 1.81. The lowest BCUT2D eigenvalue weighted by Gasteiger charge is -2.25. The Bertz CT molecular complexity index is 103. The molecule has 1 saturated heterocycles. The molecule has 0 spiro atoms. The Morgan fingerprint density at radius 3 is 1.22 bits per heavy atom. The molecule has 0 radical (unpaired) electrons. The zero-order chi connectivity index (χ0) is 7.12. The molecule has 0 atom stereocenters. The van der Waals surface area contributed by atoms with Crippen molar-refractivity contribution >= 4 is 0 Å². The van der Waals surface area contributed by atoms with Crippen molar-refractivity contribution in [3.8, 4) is 0 Å². The SMILES string of the molecule is CC1(C)OOOC1(C)C. The maximum absolute atomic E-state index is 4.83. The second-order valence-corrected chi connectivity index (χ2v) is 3.26. The van der Waals surface area contributed by atoms with Crippen molar-refractivity contribution in [2.75, 3.05) is 0 Å². The lowest BCUT2D eigenvalue weighted by molar-refractivity contribution is -0.477. The summed E-state index contributed by atoms with van der Waals surface area (Å²) in [6.45, 7) is 7.67. The quantitative estimate of drug-likeness (QED) is 0.467. The summed E-state index contributed by atoms with van der Waals surface area (Å²) in [5.74, 6) is 0. The molecule has 54 valence electrons. The van der Waals surface area contributed by atoms with Gasteiger partial charge in [0, 0.05) is 0 Å². The summed E-state index contributed by atoms with van der Waals surface area (Å²) >= 11 is 0. The first-order valence-corrected chi connectivity index (χ1v) is 2.99. The molecule has 3 heteroatoms. The molecule has 3 nitrogen and oxygen atoms in total. The van der Waals surface area contributed by atoms with E-state index in [0.29, 0.717) is 0 Å². The molecule has 1 aliphatic heterocycles. The second-order valence-electron chi connectivity index (χ2n) is 3.26. The zero-order valence-electron chi connectivity index (χ0n) is 6.22. The van der Waals surface area contributed by atoms with Crippen LogP contribution in [-0.4, -0.2) is 11.2 Å². The molecule has 1 heterocycles. The molecule has 0 aliphatic carbocycles. The summed E-state index contributed by atoms with van der Waals surface area (Å²) in [4.78, 5) is 9.67. The summed E-state index contributed by atoms with van der Waals surface area (Å²) in [5, 5.41) is 4.38. The third kappa shape index (κ3) is 0.956. The summed E-state index contributed by atoms with van der Waals surface area (Å²) in [6, 6.07) is 0. The maximum Gasteiger partial charge on any atom is 0.133 e. The van der Waals surface area contributed by atoms with Crippen LogP contribution in [0.2, 0.25) is 0 Å². The molecule has 1 fully saturated rings. The molecule has 0 aromatic heterocycles. The van der Waals surface area contributed by atoms with Gasteiger partial charge in [-0.1, -0.05) is 5.04 Å². The average molecular weight is 132 g/mol. The molecule has 0 saturated carbocycles. The van der Waals surface area contributed by atoms with E-state index < -0.39 is 0 Å².